The van der Waals surface area contributed by atoms with Gasteiger partial charge in [0.15, 0.2) is 5.60 Å². The molecule has 1 aromatic carbocycles. The number of rotatable bonds is 7. The standard InChI is InChI=1S/C21H16F4N6O/c22-15-3-4-16(17(23)7-15)20(32,11-28-12-31-27)21(24,25)19-6-2-14(10-30-19)18-5-1-13(8-26)9-29-18/h1-7,9-10,12,32H,11,27H2,(H,28,31). The maximum absolute atomic E-state index is 15.5. The molecule has 0 aliphatic heterocycles. The van der Waals surface area contributed by atoms with Crippen molar-refractivity contribution in [2.45, 2.75) is 11.5 Å². The van der Waals surface area contributed by atoms with Crippen molar-refractivity contribution in [1.82, 2.24) is 15.4 Å². The largest absolute Gasteiger partial charge is 0.377 e. The molecule has 2 heterocycles. The number of nitrogens with zero attached hydrogens (tertiary/aromatic N) is 4. The summed E-state index contributed by atoms with van der Waals surface area (Å²) in [5.74, 6) is -1.49. The molecule has 4 N–H and O–H groups in total. The highest BCUT2D eigenvalue weighted by Crippen LogP contribution is 2.46. The van der Waals surface area contributed by atoms with Gasteiger partial charge in [-0.15, -0.1) is 0 Å². The highest BCUT2D eigenvalue weighted by Gasteiger charge is 2.57. The summed E-state index contributed by atoms with van der Waals surface area (Å²) in [4.78, 5) is 11.3. The third-order valence-corrected chi connectivity index (χ3v) is 4.66. The second kappa shape index (κ2) is 9.09. The Morgan fingerprint density at radius 3 is 2.47 bits per heavy atom. The molecule has 2 aromatic heterocycles. The molecule has 1 atom stereocenters. The smallest absolute Gasteiger partial charge is 0.323 e. The van der Waals surface area contributed by atoms with Gasteiger partial charge in [0.25, 0.3) is 0 Å². The minimum Gasteiger partial charge on any atom is -0.377 e. The van der Waals surface area contributed by atoms with Crippen LogP contribution in [0.3, 0.4) is 0 Å². The summed E-state index contributed by atoms with van der Waals surface area (Å²) in [5.41, 5.74) is -1.88. The van der Waals surface area contributed by atoms with Crippen LogP contribution in [-0.4, -0.2) is 28.0 Å². The fourth-order valence-corrected chi connectivity index (χ4v) is 2.98. The molecule has 0 saturated heterocycles. The second-order valence-corrected chi connectivity index (χ2v) is 6.67. The van der Waals surface area contributed by atoms with E-state index in [0.717, 1.165) is 30.7 Å². The summed E-state index contributed by atoms with van der Waals surface area (Å²) >= 11 is 0. The molecule has 0 fully saturated rings. The maximum atomic E-state index is 15.5. The third-order valence-electron chi connectivity index (χ3n) is 4.66. The molecule has 0 spiro atoms. The van der Waals surface area contributed by atoms with E-state index in [9.17, 15) is 13.9 Å². The zero-order valence-corrected chi connectivity index (χ0v) is 16.3. The topological polar surface area (TPSA) is 120 Å². The number of halogens is 4. The van der Waals surface area contributed by atoms with Crippen LogP contribution in [0.5, 0.6) is 0 Å². The number of hydrazine groups is 1. The zero-order chi connectivity index (χ0) is 23.4. The summed E-state index contributed by atoms with van der Waals surface area (Å²) in [7, 11) is 0. The molecule has 32 heavy (non-hydrogen) atoms. The number of benzene rings is 1. The molecular weight excluding hydrogens is 428 g/mol. The van der Waals surface area contributed by atoms with E-state index in [1.807, 2.05) is 11.5 Å². The van der Waals surface area contributed by atoms with Gasteiger partial charge in [-0.3, -0.25) is 15.0 Å². The Bertz CT molecular complexity index is 1160. The Balaban J connectivity index is 2.03. The number of hydrogen-bond donors (Lipinski definition) is 3. The Hall–Kier alpha value is -3.88. The average Bonchev–Trinajstić information content (AvgIpc) is 2.79. The van der Waals surface area contributed by atoms with Crippen LogP contribution >= 0.6 is 0 Å². The fraction of sp³-hybridized carbons (Fsp3) is 0.143. The SMILES string of the molecule is N#Cc1ccc(-c2ccc(C(F)(F)C(O)(CN=CNN)c3ccc(F)cc3F)nc2)nc1. The number of pyridine rings is 2. The molecule has 0 aliphatic carbocycles. The lowest BCUT2D eigenvalue weighted by molar-refractivity contribution is -0.193. The van der Waals surface area contributed by atoms with E-state index in [1.54, 1.807) is 0 Å². The van der Waals surface area contributed by atoms with Crippen LogP contribution in [0.15, 0.2) is 59.9 Å². The molecule has 7 nitrogen and oxygen atoms in total. The maximum Gasteiger partial charge on any atom is 0.323 e. The third kappa shape index (κ3) is 4.27. The zero-order valence-electron chi connectivity index (χ0n) is 16.3. The lowest BCUT2D eigenvalue weighted by Crippen LogP contribution is -2.47. The monoisotopic (exact) mass is 444 g/mol. The van der Waals surface area contributed by atoms with Crippen LogP contribution < -0.4 is 11.3 Å². The summed E-state index contributed by atoms with van der Waals surface area (Å²) in [6.45, 7) is -1.01. The number of nitriles is 1. The highest BCUT2D eigenvalue weighted by molar-refractivity contribution is 5.58. The normalized spacial score (nSPS) is 13.5. The predicted molar refractivity (Wildman–Crippen MR) is 107 cm³/mol. The Morgan fingerprint density at radius 1 is 1.12 bits per heavy atom. The van der Waals surface area contributed by atoms with Gasteiger partial charge in [-0.05, 0) is 36.4 Å². The lowest BCUT2D eigenvalue weighted by Gasteiger charge is -2.35. The van der Waals surface area contributed by atoms with Gasteiger partial charge >= 0.3 is 5.92 Å². The van der Waals surface area contributed by atoms with Crippen molar-refractivity contribution in [3.8, 4) is 17.3 Å². The predicted octanol–water partition coefficient (Wildman–Crippen LogP) is 2.76. The van der Waals surface area contributed by atoms with E-state index in [2.05, 4.69) is 15.0 Å². The average molecular weight is 444 g/mol. The van der Waals surface area contributed by atoms with E-state index >= 15 is 8.78 Å². The molecule has 0 aliphatic rings. The van der Waals surface area contributed by atoms with Gasteiger partial charge < -0.3 is 10.5 Å². The van der Waals surface area contributed by atoms with Crippen LogP contribution in [0.25, 0.3) is 11.3 Å². The van der Waals surface area contributed by atoms with Gasteiger partial charge in [0.1, 0.15) is 23.4 Å². The first-order valence-corrected chi connectivity index (χ1v) is 9.06. The Kier molecular flexibility index (Phi) is 6.47. The van der Waals surface area contributed by atoms with Gasteiger partial charge in [0, 0.05) is 29.6 Å². The van der Waals surface area contributed by atoms with E-state index < -0.39 is 41.0 Å². The van der Waals surface area contributed by atoms with E-state index in [4.69, 9.17) is 11.1 Å². The van der Waals surface area contributed by atoms with Gasteiger partial charge in [-0.2, -0.15) is 14.0 Å². The summed E-state index contributed by atoms with van der Waals surface area (Å²) in [5, 5.41) is 19.8. The number of nitrogens with one attached hydrogen (secondary N) is 1. The van der Waals surface area contributed by atoms with Crippen LogP contribution in [0.1, 0.15) is 16.8 Å². The number of nitrogens with two attached hydrogens (primary N) is 1. The van der Waals surface area contributed by atoms with Gasteiger partial charge in [0.2, 0.25) is 0 Å². The quantitative estimate of drug-likeness (QED) is 0.169. The first-order valence-electron chi connectivity index (χ1n) is 9.06. The highest BCUT2D eigenvalue weighted by atomic mass is 19.3. The summed E-state index contributed by atoms with van der Waals surface area (Å²) in [6, 6.07) is 9.03. The van der Waals surface area contributed by atoms with Crippen LogP contribution in [0.2, 0.25) is 0 Å². The molecule has 0 saturated carbocycles. The van der Waals surface area contributed by atoms with Crippen LogP contribution in [0.4, 0.5) is 17.6 Å². The first-order chi connectivity index (χ1) is 15.2. The number of aliphatic imine (C=N–C) groups is 1. The van der Waals surface area contributed by atoms with Gasteiger partial charge in [-0.1, -0.05) is 0 Å². The van der Waals surface area contributed by atoms with Crippen molar-refractivity contribution in [2.24, 2.45) is 10.8 Å². The minimum atomic E-state index is -4.14. The van der Waals surface area contributed by atoms with Gasteiger partial charge in [0.05, 0.1) is 24.1 Å². The second-order valence-electron chi connectivity index (χ2n) is 6.67. The molecule has 0 radical (unpaired) electrons. The Labute approximate surface area is 179 Å². The van der Waals surface area contributed by atoms with E-state index in [-0.39, 0.29) is 0 Å². The van der Waals surface area contributed by atoms with Crippen LogP contribution in [0, 0.1) is 23.0 Å². The molecular formula is C21H16F4N6O. The number of aliphatic hydroxyl groups is 1. The van der Waals surface area contributed by atoms with E-state index in [1.165, 1.54) is 24.4 Å². The molecule has 0 amide bonds. The minimum absolute atomic E-state index is 0.323. The summed E-state index contributed by atoms with van der Waals surface area (Å²) in [6.07, 6.45) is 3.26. The van der Waals surface area contributed by atoms with Gasteiger partial charge in [-0.25, -0.2) is 14.6 Å². The molecule has 11 heteroatoms. The molecule has 1 unspecified atom stereocenters. The van der Waals surface area contributed by atoms with Crippen molar-refractivity contribution in [1.29, 1.82) is 5.26 Å². The van der Waals surface area contributed by atoms with Crippen molar-refractivity contribution in [2.75, 3.05) is 6.54 Å². The van der Waals surface area contributed by atoms with Crippen LogP contribution in [-0.2, 0) is 11.5 Å². The number of hydrogen-bond acceptors (Lipinski definition) is 6. The van der Waals surface area contributed by atoms with Crippen molar-refractivity contribution < 1.29 is 22.7 Å². The molecule has 0 bridgehead atoms. The molecule has 3 aromatic rings. The van der Waals surface area contributed by atoms with Crippen molar-refractivity contribution >= 4 is 6.34 Å². The summed E-state index contributed by atoms with van der Waals surface area (Å²) < 4.78 is 58.6. The van der Waals surface area contributed by atoms with E-state index in [0.29, 0.717) is 22.9 Å². The van der Waals surface area contributed by atoms with Crippen molar-refractivity contribution in [3.05, 3.63) is 83.3 Å². The molecule has 3 rings (SSSR count). The number of aromatic nitrogens is 2. The number of alkyl halides is 2. The Morgan fingerprint density at radius 2 is 1.91 bits per heavy atom. The first kappa shape index (κ1) is 22.8. The fourth-order valence-electron chi connectivity index (χ4n) is 2.98. The molecule has 164 valence electrons. The van der Waals surface area contributed by atoms with Crippen molar-refractivity contribution in [3.63, 3.8) is 0 Å². The lowest BCUT2D eigenvalue weighted by atomic mass is 9.84.